The zero-order valence-corrected chi connectivity index (χ0v) is 28.9. The van der Waals surface area contributed by atoms with Gasteiger partial charge >= 0.3 is 0 Å². The van der Waals surface area contributed by atoms with E-state index in [0.717, 1.165) is 16.9 Å². The fourth-order valence-electron chi connectivity index (χ4n) is 7.58. The van der Waals surface area contributed by atoms with Crippen molar-refractivity contribution in [2.24, 2.45) is 0 Å². The van der Waals surface area contributed by atoms with E-state index in [9.17, 15) is 0 Å². The molecule has 0 aliphatic carbocycles. The summed E-state index contributed by atoms with van der Waals surface area (Å²) in [6.45, 7) is 0. The van der Waals surface area contributed by atoms with Gasteiger partial charge < -0.3 is 0 Å². The van der Waals surface area contributed by atoms with Crippen molar-refractivity contribution in [2.75, 3.05) is 0 Å². The van der Waals surface area contributed by atoms with Crippen molar-refractivity contribution in [3.05, 3.63) is 176 Å². The number of para-hydroxylation sites is 1. The fourth-order valence-corrected chi connectivity index (χ4v) is 12.8. The Hall–Kier alpha value is -5.25. The molecule has 5 heteroatoms. The third kappa shape index (κ3) is 4.28. The highest BCUT2D eigenvalue weighted by molar-refractivity contribution is 8.21. The lowest BCUT2D eigenvalue weighted by atomic mass is 10.0. The van der Waals surface area contributed by atoms with Crippen molar-refractivity contribution in [3.8, 4) is 16.8 Å². The van der Waals surface area contributed by atoms with Crippen LogP contribution in [-0.4, -0.2) is 8.90 Å². The van der Waals surface area contributed by atoms with Crippen molar-refractivity contribution < 1.29 is 0 Å². The van der Waals surface area contributed by atoms with E-state index >= 15 is 0 Å². The Balaban J connectivity index is 1.40. The van der Waals surface area contributed by atoms with E-state index in [1.807, 2.05) is 11.3 Å². The first-order valence-corrected chi connectivity index (χ1v) is 20.0. The monoisotopic (exact) mass is 680 g/mol. The fraction of sp³-hybridized carbons (Fsp3) is 0. The molecule has 2 nitrogen and oxygen atoms in total. The summed E-state index contributed by atoms with van der Waals surface area (Å²) in [5, 5.41) is 8.62. The molecular formula is C44H29N2PS2. The van der Waals surface area contributed by atoms with Crippen LogP contribution >= 0.6 is 17.5 Å². The Morgan fingerprint density at radius 2 is 1.06 bits per heavy atom. The number of aromatic nitrogens is 2. The molecule has 10 aromatic rings. The summed E-state index contributed by atoms with van der Waals surface area (Å²) in [4.78, 5) is 0. The number of nitrogens with zero attached hydrogens (tertiary/aromatic N) is 2. The standard InChI is InChI=1S/C44H29N2PS2/c48-47(33-16-6-2-7-17-33,34-18-8-3-9-19-34)46-40-22-12-10-21-37(40)43-38-28-31(30-14-4-1-5-15-30)24-27-39(38)45(44(43)46)32-25-26-36-35-20-11-13-23-41(35)49-42(36)29-32/h1-29H. The SMILES string of the molecule is S=P(c1ccccc1)(c1ccccc1)n1c2ccccc2c2c3cc(-c4ccccc4)ccc3n(-c3ccc4c(c3)sc3ccccc34)c21. The van der Waals surface area contributed by atoms with E-state index in [1.54, 1.807) is 0 Å². The molecular weight excluding hydrogens is 652 g/mol. The van der Waals surface area contributed by atoms with E-state index in [0.29, 0.717) is 0 Å². The maximum Gasteiger partial charge on any atom is 0.131 e. The molecule has 7 aromatic carbocycles. The Labute approximate surface area is 293 Å². The third-order valence-electron chi connectivity index (χ3n) is 9.77. The van der Waals surface area contributed by atoms with Crippen LogP contribution in [0.15, 0.2) is 176 Å². The molecule has 10 rings (SSSR count). The molecule has 0 fully saturated rings. The van der Waals surface area contributed by atoms with Crippen molar-refractivity contribution in [2.45, 2.75) is 0 Å². The van der Waals surface area contributed by atoms with E-state index < -0.39 is 6.19 Å². The average Bonchev–Trinajstić information content (AvgIpc) is 3.82. The van der Waals surface area contributed by atoms with E-state index in [4.69, 9.17) is 11.8 Å². The second kappa shape index (κ2) is 11.1. The largest absolute Gasteiger partial charge is 0.295 e. The second-order valence-electron chi connectivity index (χ2n) is 12.5. The van der Waals surface area contributed by atoms with Gasteiger partial charge in [0, 0.05) is 52.6 Å². The van der Waals surface area contributed by atoms with Gasteiger partial charge in [-0.3, -0.25) is 8.90 Å². The normalized spacial score (nSPS) is 12.2. The number of rotatable bonds is 5. The summed E-state index contributed by atoms with van der Waals surface area (Å²) in [6, 6.07) is 63.7. The number of thiophene rings is 1. The highest BCUT2D eigenvalue weighted by atomic mass is 32.4. The van der Waals surface area contributed by atoms with Crippen LogP contribution in [0.5, 0.6) is 0 Å². The summed E-state index contributed by atoms with van der Waals surface area (Å²) in [7, 11) is 0. The first kappa shape index (κ1) is 28.7. The molecule has 0 bridgehead atoms. The summed E-state index contributed by atoms with van der Waals surface area (Å²) < 4.78 is 7.61. The molecule has 0 unspecified atom stereocenters. The van der Waals surface area contributed by atoms with E-state index in [-0.39, 0.29) is 0 Å². The van der Waals surface area contributed by atoms with Crippen LogP contribution in [0.2, 0.25) is 0 Å². The molecule has 0 N–H and O–H groups in total. The summed E-state index contributed by atoms with van der Waals surface area (Å²) in [5.74, 6) is 0. The predicted molar refractivity (Wildman–Crippen MR) is 216 cm³/mol. The van der Waals surface area contributed by atoms with Crippen LogP contribution in [-0.2, 0) is 11.8 Å². The number of hydrogen-bond acceptors (Lipinski definition) is 2. The average molecular weight is 681 g/mol. The van der Waals surface area contributed by atoms with Gasteiger partial charge in [-0.25, -0.2) is 0 Å². The number of hydrogen-bond donors (Lipinski definition) is 0. The van der Waals surface area contributed by atoms with Gasteiger partial charge in [0.25, 0.3) is 0 Å². The molecule has 0 radical (unpaired) electrons. The summed E-state index contributed by atoms with van der Waals surface area (Å²) in [5.41, 5.74) is 7.02. The van der Waals surface area contributed by atoms with Gasteiger partial charge in [-0.2, -0.15) is 0 Å². The zero-order chi connectivity index (χ0) is 32.5. The van der Waals surface area contributed by atoms with Crippen LogP contribution in [0.3, 0.4) is 0 Å². The van der Waals surface area contributed by atoms with Gasteiger partial charge in [-0.15, -0.1) is 11.3 Å². The van der Waals surface area contributed by atoms with E-state index in [1.165, 1.54) is 63.6 Å². The lowest BCUT2D eigenvalue weighted by Gasteiger charge is -2.28. The van der Waals surface area contributed by atoms with Crippen molar-refractivity contribution in [1.82, 2.24) is 8.90 Å². The zero-order valence-electron chi connectivity index (χ0n) is 26.4. The number of fused-ring (bicyclic) bond motifs is 8. The molecule has 0 spiro atoms. The minimum absolute atomic E-state index is 1.14. The molecule has 0 aliphatic heterocycles. The molecule has 3 aromatic heterocycles. The molecule has 0 aliphatic rings. The van der Waals surface area contributed by atoms with Gasteiger partial charge in [0.15, 0.2) is 0 Å². The van der Waals surface area contributed by atoms with Crippen LogP contribution in [0.1, 0.15) is 0 Å². The molecule has 0 atom stereocenters. The molecule has 232 valence electrons. The van der Waals surface area contributed by atoms with Crippen LogP contribution < -0.4 is 10.6 Å². The Kier molecular flexibility index (Phi) is 6.54. The first-order chi connectivity index (χ1) is 24.2. The smallest absolute Gasteiger partial charge is 0.131 e. The second-order valence-corrected chi connectivity index (χ2v) is 17.7. The first-order valence-electron chi connectivity index (χ1n) is 16.5. The predicted octanol–water partition coefficient (Wildman–Crippen LogP) is 11.7. The Morgan fingerprint density at radius 1 is 0.449 bits per heavy atom. The maximum atomic E-state index is 7.11. The topological polar surface area (TPSA) is 9.86 Å². The quantitative estimate of drug-likeness (QED) is 0.165. The van der Waals surface area contributed by atoms with Gasteiger partial charge in [0.2, 0.25) is 0 Å². The maximum absolute atomic E-state index is 7.11. The van der Waals surface area contributed by atoms with Crippen LogP contribution in [0.25, 0.3) is 69.8 Å². The van der Waals surface area contributed by atoms with E-state index in [2.05, 4.69) is 185 Å². The van der Waals surface area contributed by atoms with Crippen molar-refractivity contribution in [1.29, 1.82) is 0 Å². The highest BCUT2D eigenvalue weighted by Crippen LogP contribution is 2.54. The highest BCUT2D eigenvalue weighted by Gasteiger charge is 2.32. The molecule has 49 heavy (non-hydrogen) atoms. The van der Waals surface area contributed by atoms with Gasteiger partial charge in [0.1, 0.15) is 5.65 Å². The molecule has 0 amide bonds. The van der Waals surface area contributed by atoms with Crippen molar-refractivity contribution in [3.63, 3.8) is 0 Å². The van der Waals surface area contributed by atoms with Crippen molar-refractivity contribution >= 4 is 93.0 Å². The minimum atomic E-state index is -2.63. The van der Waals surface area contributed by atoms with Gasteiger partial charge in [-0.05, 0) is 47.5 Å². The summed E-state index contributed by atoms with van der Waals surface area (Å²) in [6.07, 6.45) is -2.63. The lowest BCUT2D eigenvalue weighted by molar-refractivity contribution is 1.13. The van der Waals surface area contributed by atoms with Crippen LogP contribution in [0, 0.1) is 0 Å². The lowest BCUT2D eigenvalue weighted by Crippen LogP contribution is -2.22. The molecule has 0 saturated carbocycles. The Bertz CT molecular complexity index is 2860. The Morgan fingerprint density at radius 3 is 1.80 bits per heavy atom. The minimum Gasteiger partial charge on any atom is -0.295 e. The van der Waals surface area contributed by atoms with Gasteiger partial charge in [-0.1, -0.05) is 151 Å². The van der Waals surface area contributed by atoms with Gasteiger partial charge in [0.05, 0.1) is 17.2 Å². The summed E-state index contributed by atoms with van der Waals surface area (Å²) >= 11 is 8.97. The molecule has 3 heterocycles. The van der Waals surface area contributed by atoms with Crippen LogP contribution in [0.4, 0.5) is 0 Å². The number of benzene rings is 7. The molecule has 0 saturated heterocycles. The third-order valence-corrected chi connectivity index (χ3v) is 15.6.